The van der Waals surface area contributed by atoms with Gasteiger partial charge in [-0.1, -0.05) is 50.3 Å². The Hall–Kier alpha value is -2.95. The van der Waals surface area contributed by atoms with Crippen LogP contribution in [0.4, 0.5) is 13.2 Å². The minimum absolute atomic E-state index is 0.104. The zero-order valence-electron chi connectivity index (χ0n) is 15.6. The van der Waals surface area contributed by atoms with Crippen molar-refractivity contribution >= 4 is 10.8 Å². The molecule has 3 aromatic carbocycles. The topological polar surface area (TPSA) is 18.5 Å². The first-order valence-corrected chi connectivity index (χ1v) is 9.07. The van der Waals surface area contributed by atoms with E-state index < -0.39 is 12.4 Å². The van der Waals surface area contributed by atoms with Crippen LogP contribution in [0, 0.1) is 5.82 Å². The smallest absolute Gasteiger partial charge is 0.387 e. The number of alkyl halides is 2. The van der Waals surface area contributed by atoms with Crippen molar-refractivity contribution in [3.8, 4) is 22.6 Å². The molecule has 0 fully saturated rings. The van der Waals surface area contributed by atoms with Crippen molar-refractivity contribution < 1.29 is 22.6 Å². The van der Waals surface area contributed by atoms with E-state index in [0.717, 1.165) is 11.1 Å². The van der Waals surface area contributed by atoms with Gasteiger partial charge in [-0.3, -0.25) is 0 Å². The quantitative estimate of drug-likeness (QED) is 0.398. The molecule has 0 unspecified atom stereocenters. The maximum Gasteiger partial charge on any atom is 0.387 e. The third-order valence-corrected chi connectivity index (χ3v) is 4.41. The predicted molar refractivity (Wildman–Crippen MR) is 106 cm³/mol. The Morgan fingerprint density at radius 3 is 2.39 bits per heavy atom. The van der Waals surface area contributed by atoms with Crippen molar-refractivity contribution in [2.75, 3.05) is 6.61 Å². The molecule has 0 radical (unpaired) electrons. The summed E-state index contributed by atoms with van der Waals surface area (Å²) in [5.41, 5.74) is 1.93. The van der Waals surface area contributed by atoms with E-state index in [4.69, 9.17) is 4.74 Å². The molecule has 0 saturated carbocycles. The Labute approximate surface area is 162 Å². The summed E-state index contributed by atoms with van der Waals surface area (Å²) in [5.74, 6) is 0.106. The minimum atomic E-state index is -3.00. The van der Waals surface area contributed by atoms with E-state index in [2.05, 4.69) is 11.3 Å². The fraction of sp³-hybridized carbons (Fsp3) is 0.217. The lowest BCUT2D eigenvalue weighted by molar-refractivity contribution is -0.0505. The Morgan fingerprint density at radius 2 is 1.75 bits per heavy atom. The fourth-order valence-electron chi connectivity index (χ4n) is 3.14. The Bertz CT molecular complexity index is 966. The number of rotatable bonds is 8. The maximum atomic E-state index is 14.9. The van der Waals surface area contributed by atoms with Crippen molar-refractivity contribution in [1.82, 2.24) is 0 Å². The molecular formula is C23H21F3O2. The summed E-state index contributed by atoms with van der Waals surface area (Å²) in [4.78, 5) is 0. The molecule has 0 heterocycles. The van der Waals surface area contributed by atoms with Gasteiger partial charge in [-0.15, -0.1) is 0 Å². The SMILES string of the molecule is C=CCOc1ccc(-c2ccc3c(F)c(CCC)c(OC(F)F)cc3c2)cc1. The van der Waals surface area contributed by atoms with Gasteiger partial charge in [0, 0.05) is 10.9 Å². The molecule has 3 aromatic rings. The average Bonchev–Trinajstić information content (AvgIpc) is 2.69. The van der Waals surface area contributed by atoms with Crippen LogP contribution in [0.15, 0.2) is 61.2 Å². The van der Waals surface area contributed by atoms with Crippen LogP contribution in [0.5, 0.6) is 11.5 Å². The Morgan fingerprint density at radius 1 is 1.04 bits per heavy atom. The predicted octanol–water partition coefficient (Wildman–Crippen LogP) is 6.76. The number of fused-ring (bicyclic) bond motifs is 1. The van der Waals surface area contributed by atoms with Crippen molar-refractivity contribution in [3.05, 3.63) is 72.6 Å². The summed E-state index contributed by atoms with van der Waals surface area (Å²) in [6, 6.07) is 14.2. The van der Waals surface area contributed by atoms with Crippen LogP contribution >= 0.6 is 0 Å². The van der Waals surface area contributed by atoms with E-state index in [0.29, 0.717) is 36.0 Å². The zero-order chi connectivity index (χ0) is 20.1. The van der Waals surface area contributed by atoms with Crippen LogP contribution in [0.3, 0.4) is 0 Å². The summed E-state index contributed by atoms with van der Waals surface area (Å²) in [7, 11) is 0. The Kier molecular flexibility index (Phi) is 6.24. The second-order valence-corrected chi connectivity index (χ2v) is 6.36. The molecular weight excluding hydrogens is 365 g/mol. The molecule has 0 N–H and O–H groups in total. The molecule has 0 aliphatic heterocycles. The van der Waals surface area contributed by atoms with Gasteiger partial charge >= 0.3 is 6.61 Å². The monoisotopic (exact) mass is 386 g/mol. The van der Waals surface area contributed by atoms with Crippen molar-refractivity contribution in [2.24, 2.45) is 0 Å². The van der Waals surface area contributed by atoms with Crippen LogP contribution in [0.2, 0.25) is 0 Å². The van der Waals surface area contributed by atoms with E-state index in [1.807, 2.05) is 37.3 Å². The molecule has 0 bridgehead atoms. The maximum absolute atomic E-state index is 14.9. The van der Waals surface area contributed by atoms with E-state index in [1.165, 1.54) is 6.07 Å². The fourth-order valence-corrected chi connectivity index (χ4v) is 3.14. The molecule has 146 valence electrons. The summed E-state index contributed by atoms with van der Waals surface area (Å²) < 4.78 is 50.5. The van der Waals surface area contributed by atoms with Crippen LogP contribution in [0.1, 0.15) is 18.9 Å². The average molecular weight is 386 g/mol. The van der Waals surface area contributed by atoms with Gasteiger partial charge in [0.25, 0.3) is 0 Å². The highest BCUT2D eigenvalue weighted by Gasteiger charge is 2.17. The van der Waals surface area contributed by atoms with Gasteiger partial charge in [0.2, 0.25) is 0 Å². The lowest BCUT2D eigenvalue weighted by Crippen LogP contribution is -2.06. The standard InChI is InChI=1S/C23H21F3O2/c1-3-5-20-21(28-23(25)26)14-17-13-16(8-11-19(17)22(20)24)15-6-9-18(10-7-15)27-12-4-2/h4,6-11,13-14,23H,2-3,5,12H2,1H3. The van der Waals surface area contributed by atoms with Gasteiger partial charge in [0.05, 0.1) is 0 Å². The zero-order valence-corrected chi connectivity index (χ0v) is 15.6. The van der Waals surface area contributed by atoms with E-state index in [-0.39, 0.29) is 11.3 Å². The number of benzene rings is 3. The molecule has 0 amide bonds. The minimum Gasteiger partial charge on any atom is -0.490 e. The summed E-state index contributed by atoms with van der Waals surface area (Å²) >= 11 is 0. The first-order chi connectivity index (χ1) is 13.5. The highest BCUT2D eigenvalue weighted by Crippen LogP contribution is 2.34. The van der Waals surface area contributed by atoms with Gasteiger partial charge in [-0.05, 0) is 47.2 Å². The Balaban J connectivity index is 2.02. The second kappa shape index (κ2) is 8.83. The van der Waals surface area contributed by atoms with Gasteiger partial charge in [-0.25, -0.2) is 4.39 Å². The first kappa shape index (κ1) is 19.8. The van der Waals surface area contributed by atoms with Crippen LogP contribution in [-0.4, -0.2) is 13.2 Å². The molecule has 0 saturated heterocycles. The first-order valence-electron chi connectivity index (χ1n) is 9.07. The van der Waals surface area contributed by atoms with Crippen LogP contribution in [0.25, 0.3) is 21.9 Å². The number of hydrogen-bond acceptors (Lipinski definition) is 2. The third kappa shape index (κ3) is 4.30. The largest absolute Gasteiger partial charge is 0.490 e. The molecule has 28 heavy (non-hydrogen) atoms. The molecule has 0 aromatic heterocycles. The van der Waals surface area contributed by atoms with Crippen LogP contribution in [-0.2, 0) is 6.42 Å². The molecule has 0 spiro atoms. The molecule has 3 rings (SSSR count). The molecule has 5 heteroatoms. The highest BCUT2D eigenvalue weighted by molar-refractivity contribution is 5.90. The van der Waals surface area contributed by atoms with Gasteiger partial charge in [0.1, 0.15) is 23.9 Å². The molecule has 2 nitrogen and oxygen atoms in total. The van der Waals surface area contributed by atoms with Crippen molar-refractivity contribution in [1.29, 1.82) is 0 Å². The molecule has 0 aliphatic carbocycles. The lowest BCUT2D eigenvalue weighted by Gasteiger charge is -2.14. The van der Waals surface area contributed by atoms with Crippen molar-refractivity contribution in [2.45, 2.75) is 26.4 Å². The number of ether oxygens (including phenoxy) is 2. The van der Waals surface area contributed by atoms with Crippen molar-refractivity contribution in [3.63, 3.8) is 0 Å². The molecule has 0 atom stereocenters. The third-order valence-electron chi connectivity index (χ3n) is 4.41. The highest BCUT2D eigenvalue weighted by atomic mass is 19.3. The van der Waals surface area contributed by atoms with Gasteiger partial charge < -0.3 is 9.47 Å². The summed E-state index contributed by atoms with van der Waals surface area (Å²) in [6.07, 6.45) is 2.62. The van der Waals surface area contributed by atoms with Gasteiger partial charge in [-0.2, -0.15) is 8.78 Å². The second-order valence-electron chi connectivity index (χ2n) is 6.36. The van der Waals surface area contributed by atoms with E-state index in [9.17, 15) is 13.2 Å². The van der Waals surface area contributed by atoms with E-state index >= 15 is 0 Å². The summed E-state index contributed by atoms with van der Waals surface area (Å²) in [5, 5.41) is 0.900. The van der Waals surface area contributed by atoms with E-state index in [1.54, 1.807) is 18.2 Å². The van der Waals surface area contributed by atoms with Gasteiger partial charge in [0.15, 0.2) is 0 Å². The summed E-state index contributed by atoms with van der Waals surface area (Å²) in [6.45, 7) is 2.89. The normalized spacial score (nSPS) is 11.0. The number of hydrogen-bond donors (Lipinski definition) is 0. The number of halogens is 3. The molecule has 0 aliphatic rings. The lowest BCUT2D eigenvalue weighted by atomic mass is 9.97. The van der Waals surface area contributed by atoms with Crippen LogP contribution < -0.4 is 9.47 Å².